The molecule has 0 saturated heterocycles. The maximum absolute atomic E-state index is 12.7. The quantitative estimate of drug-likeness (QED) is 0.596. The lowest BCUT2D eigenvalue weighted by Crippen LogP contribution is -2.44. The summed E-state index contributed by atoms with van der Waals surface area (Å²) in [5, 5.41) is 15.4. The normalized spacial score (nSPS) is 11.7. The molecule has 0 aliphatic heterocycles. The fourth-order valence-corrected chi connectivity index (χ4v) is 3.36. The average Bonchev–Trinajstić information content (AvgIpc) is 2.64. The molecule has 1 atom stereocenters. The van der Waals surface area contributed by atoms with Gasteiger partial charge >= 0.3 is 0 Å². The Balaban J connectivity index is 2.13. The van der Waals surface area contributed by atoms with Gasteiger partial charge in [-0.05, 0) is 54.3 Å². The average molecular weight is 427 g/mol. The lowest BCUT2D eigenvalue weighted by atomic mass is 10.1. The molecule has 3 N–H and O–H groups in total. The Morgan fingerprint density at radius 1 is 1.19 bits per heavy atom. The van der Waals surface area contributed by atoms with E-state index in [9.17, 15) is 14.7 Å². The van der Waals surface area contributed by atoms with Crippen molar-refractivity contribution < 1.29 is 14.7 Å². The van der Waals surface area contributed by atoms with E-state index in [1.807, 2.05) is 6.26 Å². The number of hydrogen-bond donors (Lipinski definition) is 3. The van der Waals surface area contributed by atoms with E-state index in [2.05, 4.69) is 10.6 Å². The van der Waals surface area contributed by atoms with Crippen LogP contribution in [0.25, 0.3) is 0 Å². The molecule has 0 bridgehead atoms. The summed E-state index contributed by atoms with van der Waals surface area (Å²) in [5.41, 5.74) is 1.50. The summed E-state index contributed by atoms with van der Waals surface area (Å²) in [5.74, 6) is -0.0803. The van der Waals surface area contributed by atoms with E-state index in [1.165, 1.54) is 12.1 Å². The van der Waals surface area contributed by atoms with Gasteiger partial charge in [-0.3, -0.25) is 9.59 Å². The third kappa shape index (κ3) is 6.43. The van der Waals surface area contributed by atoms with Crippen LogP contribution in [0.1, 0.15) is 22.3 Å². The molecule has 8 heteroatoms. The Kier molecular flexibility index (Phi) is 8.44. The molecule has 0 aliphatic carbocycles. The number of carbonyl (C=O) groups is 2. The van der Waals surface area contributed by atoms with Crippen molar-refractivity contribution in [2.24, 2.45) is 0 Å². The van der Waals surface area contributed by atoms with Crippen LogP contribution in [0.15, 0.2) is 42.5 Å². The van der Waals surface area contributed by atoms with Crippen LogP contribution in [0.2, 0.25) is 10.0 Å². The van der Waals surface area contributed by atoms with Crippen molar-refractivity contribution in [2.45, 2.75) is 19.1 Å². The van der Waals surface area contributed by atoms with Crippen LogP contribution in [0, 0.1) is 0 Å². The van der Waals surface area contributed by atoms with Crippen LogP contribution in [-0.4, -0.2) is 35.0 Å². The molecule has 27 heavy (non-hydrogen) atoms. The van der Waals surface area contributed by atoms with E-state index in [4.69, 9.17) is 23.2 Å². The molecule has 2 aromatic rings. The Morgan fingerprint density at radius 2 is 1.96 bits per heavy atom. The van der Waals surface area contributed by atoms with Gasteiger partial charge in [0.25, 0.3) is 5.91 Å². The molecular weight excluding hydrogens is 407 g/mol. The Morgan fingerprint density at radius 3 is 2.63 bits per heavy atom. The van der Waals surface area contributed by atoms with E-state index in [1.54, 1.807) is 42.1 Å². The highest BCUT2D eigenvalue weighted by Crippen LogP contribution is 2.21. The Labute approximate surface area is 172 Å². The molecule has 5 nitrogen and oxygen atoms in total. The number of hydrogen-bond acceptors (Lipinski definition) is 4. The maximum Gasteiger partial charge on any atom is 0.253 e. The molecule has 0 saturated carbocycles. The van der Waals surface area contributed by atoms with Gasteiger partial charge in [-0.25, -0.2) is 0 Å². The SMILES string of the molecule is CSCCC(NC(=O)c1ccc(Cl)cc1Cl)C(=O)Nc1cccc(CO)c1. The standard InChI is InChI=1S/C19H20Cl2N2O3S/c1-27-8-7-17(19(26)22-14-4-2-3-12(9-14)11-24)23-18(25)15-6-5-13(20)10-16(15)21/h2-6,9-10,17,24H,7-8,11H2,1H3,(H,22,26)(H,23,25). The first kappa shape index (κ1) is 21.6. The van der Waals surface area contributed by atoms with Crippen molar-refractivity contribution in [1.82, 2.24) is 5.32 Å². The second-order valence-electron chi connectivity index (χ2n) is 5.78. The first-order chi connectivity index (χ1) is 12.9. The predicted octanol–water partition coefficient (Wildman–Crippen LogP) is 3.98. The third-order valence-electron chi connectivity index (χ3n) is 3.79. The molecule has 2 aromatic carbocycles. The molecule has 2 amide bonds. The Hall–Kier alpha value is -1.73. The minimum atomic E-state index is -0.727. The van der Waals surface area contributed by atoms with E-state index in [-0.39, 0.29) is 23.1 Å². The summed E-state index contributed by atoms with van der Waals surface area (Å²) in [6.07, 6.45) is 2.39. The molecule has 1 unspecified atom stereocenters. The summed E-state index contributed by atoms with van der Waals surface area (Å²) >= 11 is 13.5. The molecule has 2 rings (SSSR count). The summed E-state index contributed by atoms with van der Waals surface area (Å²) in [6.45, 7) is -0.120. The molecule has 0 aliphatic rings. The maximum atomic E-state index is 12.7. The second kappa shape index (κ2) is 10.6. The molecule has 144 valence electrons. The highest BCUT2D eigenvalue weighted by molar-refractivity contribution is 7.98. The summed E-state index contributed by atoms with van der Waals surface area (Å²) in [4.78, 5) is 25.2. The summed E-state index contributed by atoms with van der Waals surface area (Å²) in [7, 11) is 0. The highest BCUT2D eigenvalue weighted by atomic mass is 35.5. The van der Waals surface area contributed by atoms with Gasteiger partial charge in [0.1, 0.15) is 6.04 Å². The predicted molar refractivity (Wildman–Crippen MR) is 112 cm³/mol. The minimum absolute atomic E-state index is 0.120. The van der Waals surface area contributed by atoms with Crippen LogP contribution in [0.5, 0.6) is 0 Å². The largest absolute Gasteiger partial charge is 0.392 e. The fraction of sp³-hybridized carbons (Fsp3) is 0.263. The molecule has 0 heterocycles. The lowest BCUT2D eigenvalue weighted by Gasteiger charge is -2.19. The number of benzene rings is 2. The number of anilines is 1. The zero-order valence-corrected chi connectivity index (χ0v) is 17.0. The Bertz CT molecular complexity index is 817. The monoisotopic (exact) mass is 426 g/mol. The van der Waals surface area contributed by atoms with Crippen LogP contribution in [-0.2, 0) is 11.4 Å². The lowest BCUT2D eigenvalue weighted by molar-refractivity contribution is -0.118. The van der Waals surface area contributed by atoms with Crippen molar-refractivity contribution >= 4 is 52.5 Å². The number of halogens is 2. The van der Waals surface area contributed by atoms with Gasteiger partial charge in [0.15, 0.2) is 0 Å². The molecule has 0 aromatic heterocycles. The van der Waals surface area contributed by atoms with Crippen LogP contribution in [0.4, 0.5) is 5.69 Å². The van der Waals surface area contributed by atoms with Crippen molar-refractivity contribution in [3.8, 4) is 0 Å². The van der Waals surface area contributed by atoms with Gasteiger partial charge < -0.3 is 15.7 Å². The van der Waals surface area contributed by atoms with E-state index in [0.29, 0.717) is 28.4 Å². The van der Waals surface area contributed by atoms with E-state index < -0.39 is 11.9 Å². The van der Waals surface area contributed by atoms with Crippen molar-refractivity contribution in [3.63, 3.8) is 0 Å². The molecule has 0 fully saturated rings. The molecule has 0 spiro atoms. The van der Waals surface area contributed by atoms with Gasteiger partial charge in [-0.1, -0.05) is 35.3 Å². The van der Waals surface area contributed by atoms with Gasteiger partial charge in [0.2, 0.25) is 5.91 Å². The van der Waals surface area contributed by atoms with Crippen molar-refractivity contribution in [3.05, 3.63) is 63.6 Å². The zero-order valence-electron chi connectivity index (χ0n) is 14.7. The fourth-order valence-electron chi connectivity index (χ4n) is 2.39. The first-order valence-corrected chi connectivity index (χ1v) is 10.3. The zero-order chi connectivity index (χ0) is 19.8. The van der Waals surface area contributed by atoms with E-state index >= 15 is 0 Å². The summed E-state index contributed by atoms with van der Waals surface area (Å²) in [6, 6.07) is 10.7. The number of rotatable bonds is 8. The number of amides is 2. The van der Waals surface area contributed by atoms with Gasteiger partial charge in [-0.15, -0.1) is 0 Å². The van der Waals surface area contributed by atoms with E-state index in [0.717, 1.165) is 0 Å². The molecular formula is C19H20Cl2N2O3S. The number of thioether (sulfide) groups is 1. The number of nitrogens with one attached hydrogen (secondary N) is 2. The van der Waals surface area contributed by atoms with Crippen molar-refractivity contribution in [2.75, 3.05) is 17.3 Å². The highest BCUT2D eigenvalue weighted by Gasteiger charge is 2.22. The van der Waals surface area contributed by atoms with Crippen LogP contribution in [0.3, 0.4) is 0 Å². The topological polar surface area (TPSA) is 78.4 Å². The second-order valence-corrected chi connectivity index (χ2v) is 7.61. The first-order valence-electron chi connectivity index (χ1n) is 8.20. The van der Waals surface area contributed by atoms with Crippen molar-refractivity contribution in [1.29, 1.82) is 0 Å². The van der Waals surface area contributed by atoms with Gasteiger partial charge in [-0.2, -0.15) is 11.8 Å². The molecule has 0 radical (unpaired) electrons. The third-order valence-corrected chi connectivity index (χ3v) is 4.98. The number of aliphatic hydroxyl groups excluding tert-OH is 1. The number of aliphatic hydroxyl groups is 1. The number of carbonyl (C=O) groups excluding carboxylic acids is 2. The summed E-state index contributed by atoms with van der Waals surface area (Å²) < 4.78 is 0. The smallest absolute Gasteiger partial charge is 0.253 e. The van der Waals surface area contributed by atoms with Crippen LogP contribution < -0.4 is 10.6 Å². The van der Waals surface area contributed by atoms with Gasteiger partial charge in [0.05, 0.1) is 17.2 Å². The van der Waals surface area contributed by atoms with Gasteiger partial charge in [0, 0.05) is 10.7 Å². The van der Waals surface area contributed by atoms with Crippen LogP contribution >= 0.6 is 35.0 Å². The minimum Gasteiger partial charge on any atom is -0.392 e.